The zero-order valence-corrected chi connectivity index (χ0v) is 13.2. The summed E-state index contributed by atoms with van der Waals surface area (Å²) in [5.41, 5.74) is 0.887. The van der Waals surface area contributed by atoms with E-state index in [2.05, 4.69) is 34.2 Å². The van der Waals surface area contributed by atoms with Crippen molar-refractivity contribution < 1.29 is 4.74 Å². The lowest BCUT2D eigenvalue weighted by Crippen LogP contribution is -1.98. The van der Waals surface area contributed by atoms with Gasteiger partial charge in [-0.2, -0.15) is 0 Å². The van der Waals surface area contributed by atoms with E-state index in [-0.39, 0.29) is 0 Å². The topological polar surface area (TPSA) is 21.3 Å². The lowest BCUT2D eigenvalue weighted by Gasteiger charge is -2.09. The maximum atomic E-state index is 6.13. The smallest absolute Gasteiger partial charge is 0.121 e. The summed E-state index contributed by atoms with van der Waals surface area (Å²) in [4.78, 5) is 2.54. The molecule has 1 N–H and O–H groups in total. The van der Waals surface area contributed by atoms with Crippen molar-refractivity contribution in [1.29, 1.82) is 0 Å². The summed E-state index contributed by atoms with van der Waals surface area (Å²) >= 11 is 11.4. The standard InChI is InChI=1S/C13H13BrClNOS/c1-8-11(14)6-10(18-8)7-16-13-5-9(17-2)3-4-12(13)15/h3-6,16H,7H2,1-2H3. The van der Waals surface area contributed by atoms with Gasteiger partial charge < -0.3 is 10.1 Å². The van der Waals surface area contributed by atoms with E-state index < -0.39 is 0 Å². The second-order valence-corrected chi connectivity index (χ2v) is 6.42. The first-order chi connectivity index (χ1) is 8.60. The van der Waals surface area contributed by atoms with Crippen molar-refractivity contribution in [1.82, 2.24) is 0 Å². The highest BCUT2D eigenvalue weighted by atomic mass is 79.9. The van der Waals surface area contributed by atoms with Gasteiger partial charge in [-0.3, -0.25) is 0 Å². The largest absolute Gasteiger partial charge is 0.497 e. The highest BCUT2D eigenvalue weighted by Crippen LogP contribution is 2.30. The minimum absolute atomic E-state index is 0.697. The molecule has 0 radical (unpaired) electrons. The average Bonchev–Trinajstić information content (AvgIpc) is 2.68. The number of rotatable bonds is 4. The van der Waals surface area contributed by atoms with Gasteiger partial charge in [0.15, 0.2) is 0 Å². The molecule has 1 aromatic carbocycles. The summed E-state index contributed by atoms with van der Waals surface area (Å²) in [7, 11) is 1.65. The first-order valence-corrected chi connectivity index (χ1v) is 7.41. The molecule has 0 amide bonds. The van der Waals surface area contributed by atoms with Crippen molar-refractivity contribution in [2.75, 3.05) is 12.4 Å². The summed E-state index contributed by atoms with van der Waals surface area (Å²) in [6, 6.07) is 7.70. The third-order valence-corrected chi connectivity index (χ3v) is 5.00. The highest BCUT2D eigenvalue weighted by Gasteiger charge is 2.05. The lowest BCUT2D eigenvalue weighted by atomic mass is 10.3. The van der Waals surface area contributed by atoms with E-state index in [1.807, 2.05) is 18.2 Å². The molecule has 0 aliphatic heterocycles. The molecule has 18 heavy (non-hydrogen) atoms. The summed E-state index contributed by atoms with van der Waals surface area (Å²) in [5, 5.41) is 4.02. The van der Waals surface area contributed by atoms with E-state index in [4.69, 9.17) is 16.3 Å². The summed E-state index contributed by atoms with van der Waals surface area (Å²) in [6.45, 7) is 2.85. The molecule has 0 fully saturated rings. The Kier molecular flexibility index (Phi) is 4.54. The van der Waals surface area contributed by atoms with Crippen LogP contribution >= 0.6 is 38.9 Å². The van der Waals surface area contributed by atoms with Gasteiger partial charge in [-0.1, -0.05) is 11.6 Å². The fourth-order valence-corrected chi connectivity index (χ4v) is 3.28. The van der Waals surface area contributed by atoms with Crippen LogP contribution in [0.1, 0.15) is 9.75 Å². The van der Waals surface area contributed by atoms with Crippen molar-refractivity contribution >= 4 is 44.6 Å². The zero-order chi connectivity index (χ0) is 13.1. The van der Waals surface area contributed by atoms with Crippen LogP contribution in [-0.4, -0.2) is 7.11 Å². The summed E-state index contributed by atoms with van der Waals surface area (Å²) < 4.78 is 6.34. The second kappa shape index (κ2) is 5.95. The predicted molar refractivity (Wildman–Crippen MR) is 82.1 cm³/mol. The lowest BCUT2D eigenvalue weighted by molar-refractivity contribution is 0.415. The van der Waals surface area contributed by atoms with Gasteiger partial charge >= 0.3 is 0 Å². The minimum Gasteiger partial charge on any atom is -0.497 e. The molecule has 0 bridgehead atoms. The van der Waals surface area contributed by atoms with Crippen LogP contribution in [0, 0.1) is 6.92 Å². The number of thiophene rings is 1. The van der Waals surface area contributed by atoms with Crippen LogP contribution in [0.3, 0.4) is 0 Å². The normalized spacial score (nSPS) is 10.4. The maximum absolute atomic E-state index is 6.13. The van der Waals surface area contributed by atoms with E-state index >= 15 is 0 Å². The Labute approximate surface area is 124 Å². The van der Waals surface area contributed by atoms with Crippen molar-refractivity contribution in [3.63, 3.8) is 0 Å². The molecule has 0 unspecified atom stereocenters. The summed E-state index contributed by atoms with van der Waals surface area (Å²) in [5.74, 6) is 0.797. The molecule has 96 valence electrons. The molecule has 2 rings (SSSR count). The van der Waals surface area contributed by atoms with Crippen LogP contribution < -0.4 is 10.1 Å². The van der Waals surface area contributed by atoms with Crippen molar-refractivity contribution in [3.8, 4) is 5.75 Å². The number of nitrogens with one attached hydrogen (secondary N) is 1. The number of methoxy groups -OCH3 is 1. The number of ether oxygens (including phenoxy) is 1. The van der Waals surface area contributed by atoms with Gasteiger partial charge in [0.2, 0.25) is 0 Å². The van der Waals surface area contributed by atoms with E-state index in [0.29, 0.717) is 5.02 Å². The highest BCUT2D eigenvalue weighted by molar-refractivity contribution is 9.10. The summed E-state index contributed by atoms with van der Waals surface area (Å²) in [6.07, 6.45) is 0. The molecule has 0 saturated heterocycles. The number of benzene rings is 1. The van der Waals surface area contributed by atoms with Gasteiger partial charge in [0.25, 0.3) is 0 Å². The van der Waals surface area contributed by atoms with Gasteiger partial charge in [0, 0.05) is 26.8 Å². The molecular weight excluding hydrogens is 334 g/mol. The van der Waals surface area contributed by atoms with Crippen LogP contribution in [0.4, 0.5) is 5.69 Å². The minimum atomic E-state index is 0.697. The van der Waals surface area contributed by atoms with E-state index in [9.17, 15) is 0 Å². The molecule has 2 aromatic rings. The quantitative estimate of drug-likeness (QED) is 0.832. The third-order valence-electron chi connectivity index (χ3n) is 2.53. The first-order valence-electron chi connectivity index (χ1n) is 5.42. The molecule has 0 saturated carbocycles. The molecule has 0 aliphatic rings. The van der Waals surface area contributed by atoms with Crippen LogP contribution in [0.15, 0.2) is 28.7 Å². The monoisotopic (exact) mass is 345 g/mol. The average molecular weight is 347 g/mol. The van der Waals surface area contributed by atoms with Gasteiger partial charge in [-0.05, 0) is 41.1 Å². The fraction of sp³-hybridized carbons (Fsp3) is 0.231. The molecule has 2 nitrogen and oxygen atoms in total. The zero-order valence-electron chi connectivity index (χ0n) is 10.1. The number of hydrogen-bond donors (Lipinski definition) is 1. The van der Waals surface area contributed by atoms with Gasteiger partial charge in [-0.25, -0.2) is 0 Å². The van der Waals surface area contributed by atoms with Crippen molar-refractivity contribution in [2.45, 2.75) is 13.5 Å². The third kappa shape index (κ3) is 3.19. The molecule has 1 aromatic heterocycles. The Bertz CT molecular complexity index is 536. The first kappa shape index (κ1) is 13.7. The van der Waals surface area contributed by atoms with Gasteiger partial charge in [0.1, 0.15) is 5.75 Å². The van der Waals surface area contributed by atoms with Crippen LogP contribution in [0.2, 0.25) is 5.02 Å². The van der Waals surface area contributed by atoms with E-state index in [1.54, 1.807) is 18.4 Å². The molecule has 5 heteroatoms. The van der Waals surface area contributed by atoms with E-state index in [0.717, 1.165) is 22.5 Å². The number of aryl methyl sites for hydroxylation is 1. The number of hydrogen-bond acceptors (Lipinski definition) is 3. The fourth-order valence-electron chi connectivity index (χ4n) is 1.55. The number of halogens is 2. The van der Waals surface area contributed by atoms with Crippen LogP contribution in [0.25, 0.3) is 0 Å². The van der Waals surface area contributed by atoms with Crippen molar-refractivity contribution in [2.24, 2.45) is 0 Å². The SMILES string of the molecule is COc1ccc(Cl)c(NCc2cc(Br)c(C)s2)c1. The van der Waals surface area contributed by atoms with Gasteiger partial charge in [-0.15, -0.1) is 11.3 Å². The molecule has 0 atom stereocenters. The van der Waals surface area contributed by atoms with E-state index in [1.165, 1.54) is 9.75 Å². The number of anilines is 1. The molecule has 0 aliphatic carbocycles. The Hall–Kier alpha value is -0.710. The second-order valence-electron chi connectivity index (χ2n) is 3.82. The molecule has 1 heterocycles. The Morgan fingerprint density at radius 3 is 2.78 bits per heavy atom. The van der Waals surface area contributed by atoms with Gasteiger partial charge in [0.05, 0.1) is 17.8 Å². The maximum Gasteiger partial charge on any atom is 0.121 e. The van der Waals surface area contributed by atoms with Crippen LogP contribution in [0.5, 0.6) is 5.75 Å². The predicted octanol–water partition coefficient (Wildman–Crippen LogP) is 5.09. The molecular formula is C13H13BrClNOS. The molecule has 0 spiro atoms. The Morgan fingerprint density at radius 1 is 1.39 bits per heavy atom. The Balaban J connectivity index is 2.10. The van der Waals surface area contributed by atoms with Crippen LogP contribution in [-0.2, 0) is 6.54 Å². The van der Waals surface area contributed by atoms with Crippen molar-refractivity contribution in [3.05, 3.63) is 43.5 Å². The Morgan fingerprint density at radius 2 is 2.17 bits per heavy atom.